The molecule has 2 aliphatic rings. The number of amides is 2. The second-order valence-electron chi connectivity index (χ2n) is 8.07. The predicted octanol–water partition coefficient (Wildman–Crippen LogP) is 2.57. The van der Waals surface area contributed by atoms with Crippen molar-refractivity contribution < 1.29 is 26.8 Å². The molecule has 1 fully saturated rings. The molecule has 1 atom stereocenters. The van der Waals surface area contributed by atoms with E-state index in [4.69, 9.17) is 0 Å². The van der Waals surface area contributed by atoms with Crippen molar-refractivity contribution >= 4 is 33.2 Å². The highest BCUT2D eigenvalue weighted by molar-refractivity contribution is 7.90. The minimum atomic E-state index is -3.38. The van der Waals surface area contributed by atoms with Crippen molar-refractivity contribution in [3.8, 4) is 5.69 Å². The molecule has 3 heterocycles. The number of carbonyl (C=O) groups is 2. The van der Waals surface area contributed by atoms with Crippen molar-refractivity contribution in [1.82, 2.24) is 9.78 Å². The van der Waals surface area contributed by atoms with Gasteiger partial charge in [0.25, 0.3) is 0 Å². The summed E-state index contributed by atoms with van der Waals surface area (Å²) in [5, 5.41) is 7.09. The second kappa shape index (κ2) is 7.77. The second-order valence-corrected chi connectivity index (χ2v) is 10.1. The molecular formula is C22H18F2N4O4S. The Hall–Kier alpha value is -3.60. The van der Waals surface area contributed by atoms with Crippen LogP contribution in [0.2, 0.25) is 0 Å². The summed E-state index contributed by atoms with van der Waals surface area (Å²) in [6.07, 6.45) is -0.0472. The van der Waals surface area contributed by atoms with Gasteiger partial charge in [-0.3, -0.25) is 9.59 Å². The Morgan fingerprint density at radius 2 is 1.58 bits per heavy atom. The number of halogens is 2. The standard InChI is InChI=1S/C22H18F2N4O4S/c23-14-1-5-16(6-2-14)27-10-13(9-20(27)29)22(30)25-21-18-11-33(31,32)12-19(18)26-28(21)17-7-3-15(24)4-8-17/h1-8,13H,9-12H2,(H,25,30). The van der Waals surface area contributed by atoms with E-state index in [-0.39, 0.29) is 36.2 Å². The summed E-state index contributed by atoms with van der Waals surface area (Å²) in [6.45, 7) is 0.0987. The van der Waals surface area contributed by atoms with Crippen LogP contribution < -0.4 is 10.2 Å². The third kappa shape index (κ3) is 3.99. The van der Waals surface area contributed by atoms with Crippen molar-refractivity contribution in [2.24, 2.45) is 5.92 Å². The van der Waals surface area contributed by atoms with E-state index in [2.05, 4.69) is 10.4 Å². The quantitative estimate of drug-likeness (QED) is 0.629. The van der Waals surface area contributed by atoms with Crippen LogP contribution in [0.15, 0.2) is 48.5 Å². The Morgan fingerprint density at radius 1 is 0.970 bits per heavy atom. The first-order chi connectivity index (χ1) is 15.7. The van der Waals surface area contributed by atoms with Gasteiger partial charge in [0.15, 0.2) is 9.84 Å². The van der Waals surface area contributed by atoms with Gasteiger partial charge < -0.3 is 10.2 Å². The van der Waals surface area contributed by atoms with Gasteiger partial charge in [0.05, 0.1) is 28.8 Å². The van der Waals surface area contributed by atoms with Crippen LogP contribution in [0.1, 0.15) is 17.7 Å². The average molecular weight is 472 g/mol. The SMILES string of the molecule is O=C(Nc1c2c(nn1-c1ccc(F)cc1)CS(=O)(=O)C2)C1CC(=O)N(c2ccc(F)cc2)C1. The number of rotatable bonds is 4. The van der Waals surface area contributed by atoms with Crippen LogP contribution in [0.3, 0.4) is 0 Å². The van der Waals surface area contributed by atoms with Crippen LogP contribution in [0.4, 0.5) is 20.3 Å². The lowest BCUT2D eigenvalue weighted by molar-refractivity contribution is -0.122. The van der Waals surface area contributed by atoms with Crippen molar-refractivity contribution in [3.63, 3.8) is 0 Å². The number of fused-ring (bicyclic) bond motifs is 1. The summed E-state index contributed by atoms with van der Waals surface area (Å²) >= 11 is 0. The first kappa shape index (κ1) is 21.3. The van der Waals surface area contributed by atoms with Gasteiger partial charge in [0.2, 0.25) is 11.8 Å². The Morgan fingerprint density at radius 3 is 2.21 bits per heavy atom. The molecule has 5 rings (SSSR count). The van der Waals surface area contributed by atoms with Crippen LogP contribution in [0, 0.1) is 17.6 Å². The fraction of sp³-hybridized carbons (Fsp3) is 0.227. The molecule has 0 saturated carbocycles. The Bertz CT molecular complexity index is 1370. The van der Waals surface area contributed by atoms with Crippen LogP contribution in [0.5, 0.6) is 0 Å². The summed E-state index contributed by atoms with van der Waals surface area (Å²) in [5.74, 6) is -2.66. The zero-order valence-corrected chi connectivity index (χ0v) is 18.0. The maximum atomic E-state index is 13.4. The average Bonchev–Trinajstić information content (AvgIpc) is 3.40. The van der Waals surface area contributed by atoms with E-state index in [0.717, 1.165) is 0 Å². The van der Waals surface area contributed by atoms with Gasteiger partial charge in [0.1, 0.15) is 17.5 Å². The molecule has 0 radical (unpaired) electrons. The molecule has 0 bridgehead atoms. The summed E-state index contributed by atoms with van der Waals surface area (Å²) in [6, 6.07) is 10.8. The van der Waals surface area contributed by atoms with Crippen LogP contribution >= 0.6 is 0 Å². The number of sulfone groups is 1. The van der Waals surface area contributed by atoms with E-state index in [1.807, 2.05) is 0 Å². The molecule has 2 aromatic carbocycles. The number of hydrogen-bond donors (Lipinski definition) is 1. The summed E-state index contributed by atoms with van der Waals surface area (Å²) in [4.78, 5) is 27.0. The molecule has 2 amide bonds. The summed E-state index contributed by atoms with van der Waals surface area (Å²) in [5.41, 5.74) is 1.64. The zero-order chi connectivity index (χ0) is 23.3. The lowest BCUT2D eigenvalue weighted by atomic mass is 10.1. The fourth-order valence-electron chi connectivity index (χ4n) is 4.11. The molecule has 8 nitrogen and oxygen atoms in total. The van der Waals surface area contributed by atoms with Crippen molar-refractivity contribution in [1.29, 1.82) is 0 Å². The first-order valence-electron chi connectivity index (χ1n) is 10.1. The summed E-state index contributed by atoms with van der Waals surface area (Å²) < 4.78 is 52.2. The van der Waals surface area contributed by atoms with Crippen molar-refractivity contribution in [2.75, 3.05) is 16.8 Å². The molecular weight excluding hydrogens is 454 g/mol. The Labute approximate surface area is 187 Å². The third-order valence-corrected chi connectivity index (χ3v) is 7.18. The van der Waals surface area contributed by atoms with Crippen LogP contribution in [0.25, 0.3) is 5.69 Å². The van der Waals surface area contributed by atoms with Gasteiger partial charge in [0, 0.05) is 24.2 Å². The van der Waals surface area contributed by atoms with E-state index in [1.54, 1.807) is 0 Å². The maximum Gasteiger partial charge on any atom is 0.230 e. The lowest BCUT2D eigenvalue weighted by Crippen LogP contribution is -2.29. The maximum absolute atomic E-state index is 13.4. The van der Waals surface area contributed by atoms with E-state index in [1.165, 1.54) is 58.1 Å². The Kier molecular flexibility index (Phi) is 5.00. The topological polar surface area (TPSA) is 101 Å². The number of nitrogens with zero attached hydrogens (tertiary/aromatic N) is 3. The molecule has 3 aromatic rings. The van der Waals surface area contributed by atoms with E-state index >= 15 is 0 Å². The molecule has 1 aromatic heterocycles. The molecule has 1 saturated heterocycles. The molecule has 0 aliphatic carbocycles. The number of hydrogen-bond acceptors (Lipinski definition) is 5. The van der Waals surface area contributed by atoms with Crippen molar-refractivity contribution in [2.45, 2.75) is 17.9 Å². The summed E-state index contributed by atoms with van der Waals surface area (Å²) in [7, 11) is -3.38. The molecule has 170 valence electrons. The molecule has 1 N–H and O–H groups in total. The fourth-order valence-corrected chi connectivity index (χ4v) is 5.61. The van der Waals surface area contributed by atoms with Crippen LogP contribution in [-0.4, -0.2) is 36.6 Å². The highest BCUT2D eigenvalue weighted by Gasteiger charge is 2.38. The highest BCUT2D eigenvalue weighted by Crippen LogP contribution is 2.34. The zero-order valence-electron chi connectivity index (χ0n) is 17.2. The largest absolute Gasteiger partial charge is 0.312 e. The van der Waals surface area contributed by atoms with E-state index in [0.29, 0.717) is 22.6 Å². The molecule has 1 unspecified atom stereocenters. The third-order valence-electron chi connectivity index (χ3n) is 5.73. The molecule has 0 spiro atoms. The van der Waals surface area contributed by atoms with Crippen LogP contribution in [-0.2, 0) is 30.9 Å². The minimum Gasteiger partial charge on any atom is -0.312 e. The number of carbonyl (C=O) groups excluding carboxylic acids is 2. The van der Waals surface area contributed by atoms with Gasteiger partial charge >= 0.3 is 0 Å². The molecule has 2 aliphatic heterocycles. The van der Waals surface area contributed by atoms with Gasteiger partial charge in [-0.2, -0.15) is 5.10 Å². The van der Waals surface area contributed by atoms with Gasteiger partial charge in [-0.05, 0) is 48.5 Å². The van der Waals surface area contributed by atoms with Crippen molar-refractivity contribution in [3.05, 3.63) is 71.4 Å². The van der Waals surface area contributed by atoms with Gasteiger partial charge in [-0.1, -0.05) is 0 Å². The normalized spacial score (nSPS) is 19.0. The molecule has 33 heavy (non-hydrogen) atoms. The smallest absolute Gasteiger partial charge is 0.230 e. The molecule has 11 heteroatoms. The Balaban J connectivity index is 1.43. The number of aromatic nitrogens is 2. The monoisotopic (exact) mass is 472 g/mol. The van der Waals surface area contributed by atoms with Gasteiger partial charge in [-0.15, -0.1) is 0 Å². The number of benzene rings is 2. The number of nitrogens with one attached hydrogen (secondary N) is 1. The predicted molar refractivity (Wildman–Crippen MR) is 115 cm³/mol. The first-order valence-corrected chi connectivity index (χ1v) is 12.0. The van der Waals surface area contributed by atoms with E-state index < -0.39 is 33.3 Å². The minimum absolute atomic E-state index is 0.0472. The van der Waals surface area contributed by atoms with E-state index in [9.17, 15) is 26.8 Å². The van der Waals surface area contributed by atoms with Gasteiger partial charge in [-0.25, -0.2) is 21.9 Å². The highest BCUT2D eigenvalue weighted by atomic mass is 32.2. The number of anilines is 2. The lowest BCUT2D eigenvalue weighted by Gasteiger charge is -2.17.